The van der Waals surface area contributed by atoms with Gasteiger partial charge in [-0.05, 0) is 18.9 Å². The molecule has 0 aliphatic heterocycles. The van der Waals surface area contributed by atoms with Crippen LogP contribution in [0, 0.1) is 0 Å². The largest absolute Gasteiger partial charge is 0.496 e. The van der Waals surface area contributed by atoms with Gasteiger partial charge in [-0.1, -0.05) is 48.8 Å². The molecule has 2 aromatic rings. The van der Waals surface area contributed by atoms with Crippen molar-refractivity contribution in [2.24, 2.45) is 0 Å². The van der Waals surface area contributed by atoms with E-state index in [9.17, 15) is 9.90 Å². The van der Waals surface area contributed by atoms with Crippen LogP contribution in [0.15, 0.2) is 24.3 Å². The monoisotopic (exact) mass is 390 g/mol. The molecule has 2 N–H and O–H groups in total. The van der Waals surface area contributed by atoms with E-state index in [1.165, 1.54) is 30.6 Å². The van der Waals surface area contributed by atoms with E-state index in [4.69, 9.17) is 4.74 Å². The fraction of sp³-hybridized carbons (Fsp3) is 0.526. The number of carbonyl (C=O) groups excluding carboxylic acids is 1. The van der Waals surface area contributed by atoms with Crippen molar-refractivity contribution in [3.8, 4) is 5.75 Å². The number of anilines is 1. The molecule has 1 aromatic heterocycles. The van der Waals surface area contributed by atoms with E-state index in [0.29, 0.717) is 23.3 Å². The fourth-order valence-corrected chi connectivity index (χ4v) is 4.28. The molecule has 8 heteroatoms. The van der Waals surface area contributed by atoms with Gasteiger partial charge in [0.25, 0.3) is 0 Å². The highest BCUT2D eigenvalue weighted by atomic mass is 32.1. The number of aliphatic hydroxyl groups excluding tert-OH is 1. The summed E-state index contributed by atoms with van der Waals surface area (Å²) < 4.78 is 5.35. The Morgan fingerprint density at radius 2 is 2.07 bits per heavy atom. The molecule has 0 atom stereocenters. The van der Waals surface area contributed by atoms with Gasteiger partial charge in [-0.3, -0.25) is 5.32 Å². The number of nitrogens with zero attached hydrogens (tertiary/aromatic N) is 3. The maximum Gasteiger partial charge on any atom is 0.324 e. The normalized spacial score (nSPS) is 14.7. The molecule has 1 fully saturated rings. The number of amides is 2. The second-order valence-electron chi connectivity index (χ2n) is 6.67. The SMILES string of the molecule is COc1ccccc1CN(CCO)C(=O)Nc1nnc(C2CCCCC2)s1. The Morgan fingerprint density at radius 3 is 2.81 bits per heavy atom. The van der Waals surface area contributed by atoms with Crippen LogP contribution < -0.4 is 10.1 Å². The van der Waals surface area contributed by atoms with Gasteiger partial charge in [0.15, 0.2) is 0 Å². The molecule has 1 heterocycles. The number of carbonyl (C=O) groups is 1. The Kier molecular flexibility index (Phi) is 7.00. The van der Waals surface area contributed by atoms with Crippen molar-refractivity contribution in [2.45, 2.75) is 44.6 Å². The zero-order chi connectivity index (χ0) is 19.1. The van der Waals surface area contributed by atoms with Crippen LogP contribution in [0.5, 0.6) is 5.75 Å². The Bertz CT molecular complexity index is 746. The molecule has 1 aromatic carbocycles. The highest BCUT2D eigenvalue weighted by molar-refractivity contribution is 7.15. The van der Waals surface area contributed by atoms with Gasteiger partial charge in [-0.2, -0.15) is 0 Å². The Morgan fingerprint density at radius 1 is 1.30 bits per heavy atom. The lowest BCUT2D eigenvalue weighted by Crippen LogP contribution is -2.36. The van der Waals surface area contributed by atoms with Crippen molar-refractivity contribution in [2.75, 3.05) is 25.6 Å². The quantitative estimate of drug-likeness (QED) is 0.754. The molecule has 2 amide bonds. The third-order valence-electron chi connectivity index (χ3n) is 4.82. The molecular weight excluding hydrogens is 364 g/mol. The minimum absolute atomic E-state index is 0.119. The van der Waals surface area contributed by atoms with Crippen LogP contribution in [0.3, 0.4) is 0 Å². The first-order chi connectivity index (χ1) is 13.2. The van der Waals surface area contributed by atoms with Gasteiger partial charge in [-0.25, -0.2) is 4.79 Å². The molecule has 1 aliphatic carbocycles. The van der Waals surface area contributed by atoms with Crippen molar-refractivity contribution in [1.29, 1.82) is 0 Å². The summed E-state index contributed by atoms with van der Waals surface area (Å²) in [5, 5.41) is 22.1. The molecule has 7 nitrogen and oxygen atoms in total. The molecule has 0 spiro atoms. The number of hydrogen-bond acceptors (Lipinski definition) is 6. The maximum atomic E-state index is 12.7. The number of methoxy groups -OCH3 is 1. The van der Waals surface area contributed by atoms with Crippen LogP contribution in [0.25, 0.3) is 0 Å². The Labute approximate surface area is 163 Å². The zero-order valence-corrected chi connectivity index (χ0v) is 16.4. The summed E-state index contributed by atoms with van der Waals surface area (Å²) in [5.74, 6) is 1.17. The van der Waals surface area contributed by atoms with Crippen molar-refractivity contribution >= 4 is 22.5 Å². The molecular formula is C19H26N4O3S. The van der Waals surface area contributed by atoms with E-state index >= 15 is 0 Å². The summed E-state index contributed by atoms with van der Waals surface area (Å²) in [6.07, 6.45) is 6.04. The number of aliphatic hydroxyl groups is 1. The predicted molar refractivity (Wildman–Crippen MR) is 105 cm³/mol. The molecule has 146 valence electrons. The number of urea groups is 1. The van der Waals surface area contributed by atoms with Crippen LogP contribution in [-0.2, 0) is 6.54 Å². The fourth-order valence-electron chi connectivity index (χ4n) is 3.38. The van der Waals surface area contributed by atoms with Crippen molar-refractivity contribution in [3.63, 3.8) is 0 Å². The third-order valence-corrected chi connectivity index (χ3v) is 5.82. The van der Waals surface area contributed by atoms with E-state index in [0.717, 1.165) is 23.4 Å². The highest BCUT2D eigenvalue weighted by Gasteiger charge is 2.22. The second-order valence-corrected chi connectivity index (χ2v) is 7.68. The van der Waals surface area contributed by atoms with Gasteiger partial charge in [0.05, 0.1) is 20.3 Å². The average molecular weight is 391 g/mol. The number of aromatic nitrogens is 2. The van der Waals surface area contributed by atoms with E-state index in [-0.39, 0.29) is 19.2 Å². The lowest BCUT2D eigenvalue weighted by molar-refractivity contribution is 0.184. The van der Waals surface area contributed by atoms with E-state index in [2.05, 4.69) is 15.5 Å². The van der Waals surface area contributed by atoms with E-state index in [1.807, 2.05) is 24.3 Å². The molecule has 0 radical (unpaired) electrons. The predicted octanol–water partition coefficient (Wildman–Crippen LogP) is 3.62. The minimum Gasteiger partial charge on any atom is -0.496 e. The molecule has 27 heavy (non-hydrogen) atoms. The summed E-state index contributed by atoms with van der Waals surface area (Å²) in [6, 6.07) is 7.23. The summed E-state index contributed by atoms with van der Waals surface area (Å²) in [5.41, 5.74) is 0.878. The molecule has 0 unspecified atom stereocenters. The highest BCUT2D eigenvalue weighted by Crippen LogP contribution is 2.35. The smallest absolute Gasteiger partial charge is 0.324 e. The zero-order valence-electron chi connectivity index (χ0n) is 15.6. The molecule has 0 saturated heterocycles. The number of hydrogen-bond donors (Lipinski definition) is 2. The number of benzene rings is 1. The van der Waals surface area contributed by atoms with E-state index < -0.39 is 0 Å². The first kappa shape index (κ1) is 19.6. The Balaban J connectivity index is 1.65. The molecule has 3 rings (SSSR count). The van der Waals surface area contributed by atoms with Gasteiger partial charge in [0, 0.05) is 18.0 Å². The summed E-state index contributed by atoms with van der Waals surface area (Å²) >= 11 is 1.45. The number of rotatable bonds is 7. The van der Waals surface area contributed by atoms with Gasteiger partial charge in [-0.15, -0.1) is 10.2 Å². The van der Waals surface area contributed by atoms with Crippen molar-refractivity contribution in [1.82, 2.24) is 15.1 Å². The maximum absolute atomic E-state index is 12.7. The standard InChI is InChI=1S/C19H26N4O3S/c1-26-16-10-6-5-9-15(16)13-23(11-12-24)19(25)20-18-22-21-17(27-18)14-7-3-2-4-8-14/h5-6,9-10,14,24H,2-4,7-8,11-13H2,1H3,(H,20,22,25). The molecule has 0 bridgehead atoms. The second kappa shape index (κ2) is 9.66. The van der Waals surface area contributed by atoms with Gasteiger partial charge < -0.3 is 14.7 Å². The first-order valence-corrected chi connectivity index (χ1v) is 10.1. The lowest BCUT2D eigenvalue weighted by Gasteiger charge is -2.22. The third kappa shape index (κ3) is 5.17. The average Bonchev–Trinajstić information content (AvgIpc) is 3.17. The van der Waals surface area contributed by atoms with Crippen molar-refractivity contribution < 1.29 is 14.6 Å². The topological polar surface area (TPSA) is 87.6 Å². The van der Waals surface area contributed by atoms with E-state index in [1.54, 1.807) is 12.0 Å². The van der Waals surface area contributed by atoms with Crippen LogP contribution in [-0.4, -0.2) is 46.5 Å². The number of para-hydroxylation sites is 1. The minimum atomic E-state index is -0.304. The summed E-state index contributed by atoms with van der Waals surface area (Å²) in [7, 11) is 1.60. The van der Waals surface area contributed by atoms with Crippen LogP contribution in [0.4, 0.5) is 9.93 Å². The van der Waals surface area contributed by atoms with Gasteiger partial charge in [0.1, 0.15) is 10.8 Å². The lowest BCUT2D eigenvalue weighted by atomic mass is 9.90. The summed E-state index contributed by atoms with van der Waals surface area (Å²) in [6.45, 7) is 0.439. The Hall–Kier alpha value is -2.19. The van der Waals surface area contributed by atoms with Crippen molar-refractivity contribution in [3.05, 3.63) is 34.8 Å². The first-order valence-electron chi connectivity index (χ1n) is 9.33. The summed E-state index contributed by atoms with van der Waals surface area (Å²) in [4.78, 5) is 14.2. The van der Waals surface area contributed by atoms with Gasteiger partial charge >= 0.3 is 6.03 Å². The number of nitrogens with one attached hydrogen (secondary N) is 1. The van der Waals surface area contributed by atoms with Gasteiger partial charge in [0.2, 0.25) is 5.13 Å². The molecule has 1 aliphatic rings. The molecule has 1 saturated carbocycles. The van der Waals surface area contributed by atoms with Crippen LogP contribution in [0.1, 0.15) is 48.6 Å². The number of ether oxygens (including phenoxy) is 1. The van der Waals surface area contributed by atoms with Crippen LogP contribution >= 0.6 is 11.3 Å². The van der Waals surface area contributed by atoms with Crippen LogP contribution in [0.2, 0.25) is 0 Å².